The summed E-state index contributed by atoms with van der Waals surface area (Å²) in [6.07, 6.45) is 3.48. The second-order valence-corrected chi connectivity index (χ2v) is 6.05. The highest BCUT2D eigenvalue weighted by Gasteiger charge is 2.10. The van der Waals surface area contributed by atoms with Gasteiger partial charge in [0.15, 0.2) is 0 Å². The van der Waals surface area contributed by atoms with Crippen molar-refractivity contribution >= 4 is 56.6 Å². The van der Waals surface area contributed by atoms with Crippen molar-refractivity contribution in [2.45, 2.75) is 0 Å². The predicted molar refractivity (Wildman–Crippen MR) is 93.9 cm³/mol. The zero-order valence-electron chi connectivity index (χ0n) is 10.8. The first-order valence-corrected chi connectivity index (χ1v) is 7.70. The molecule has 0 fully saturated rings. The van der Waals surface area contributed by atoms with E-state index < -0.39 is 0 Å². The SMILES string of the molecule is O=C(Nc1cccc2cnccc12)c1ccc(I)c(Cl)c1. The number of halogens is 2. The van der Waals surface area contributed by atoms with Crippen LogP contribution in [0.1, 0.15) is 10.4 Å². The molecule has 0 saturated carbocycles. The number of rotatable bonds is 2. The Labute approximate surface area is 140 Å². The summed E-state index contributed by atoms with van der Waals surface area (Å²) >= 11 is 8.19. The van der Waals surface area contributed by atoms with Crippen LogP contribution in [-0.4, -0.2) is 10.9 Å². The summed E-state index contributed by atoms with van der Waals surface area (Å²) in [4.78, 5) is 16.4. The van der Waals surface area contributed by atoms with Crippen LogP contribution in [0.2, 0.25) is 5.02 Å². The number of nitrogens with zero attached hydrogens (tertiary/aromatic N) is 1. The van der Waals surface area contributed by atoms with Crippen molar-refractivity contribution in [2.24, 2.45) is 0 Å². The van der Waals surface area contributed by atoms with Crippen LogP contribution in [0, 0.1) is 3.57 Å². The number of amides is 1. The molecule has 0 spiro atoms. The highest BCUT2D eigenvalue weighted by molar-refractivity contribution is 14.1. The van der Waals surface area contributed by atoms with Gasteiger partial charge >= 0.3 is 0 Å². The molecule has 0 aliphatic rings. The second-order valence-electron chi connectivity index (χ2n) is 4.49. The van der Waals surface area contributed by atoms with E-state index in [2.05, 4.69) is 32.9 Å². The van der Waals surface area contributed by atoms with Gasteiger partial charge in [0, 0.05) is 38.0 Å². The first-order chi connectivity index (χ1) is 10.1. The van der Waals surface area contributed by atoms with Crippen LogP contribution < -0.4 is 5.32 Å². The van der Waals surface area contributed by atoms with Crippen molar-refractivity contribution < 1.29 is 4.79 Å². The maximum Gasteiger partial charge on any atom is 0.255 e. The molecule has 0 saturated heterocycles. The standard InChI is InChI=1S/C16H10ClIN2O/c17-13-8-10(4-5-14(13)18)16(21)20-15-3-1-2-11-9-19-7-6-12(11)15/h1-9H,(H,20,21). The number of benzene rings is 2. The predicted octanol–water partition coefficient (Wildman–Crippen LogP) is 4.75. The van der Waals surface area contributed by atoms with E-state index in [4.69, 9.17) is 11.6 Å². The summed E-state index contributed by atoms with van der Waals surface area (Å²) in [5, 5.41) is 5.43. The lowest BCUT2D eigenvalue weighted by molar-refractivity contribution is 0.102. The van der Waals surface area contributed by atoms with Crippen LogP contribution in [0.25, 0.3) is 10.8 Å². The van der Waals surface area contributed by atoms with Crippen molar-refractivity contribution in [1.82, 2.24) is 4.98 Å². The molecule has 2 aromatic carbocycles. The summed E-state index contributed by atoms with van der Waals surface area (Å²) in [6, 6.07) is 12.9. The van der Waals surface area contributed by atoms with Crippen molar-refractivity contribution in [3.05, 3.63) is 69.0 Å². The van der Waals surface area contributed by atoms with Gasteiger partial charge in [-0.1, -0.05) is 23.7 Å². The van der Waals surface area contributed by atoms with Gasteiger partial charge in [-0.05, 0) is 52.9 Å². The van der Waals surface area contributed by atoms with E-state index in [0.717, 1.165) is 20.0 Å². The minimum Gasteiger partial charge on any atom is -0.321 e. The summed E-state index contributed by atoms with van der Waals surface area (Å²) < 4.78 is 0.919. The second kappa shape index (κ2) is 5.99. The average molecular weight is 409 g/mol. The van der Waals surface area contributed by atoms with E-state index in [1.165, 1.54) is 0 Å². The molecule has 1 N–H and O–H groups in total. The number of aromatic nitrogens is 1. The van der Waals surface area contributed by atoms with E-state index in [1.54, 1.807) is 24.5 Å². The third-order valence-electron chi connectivity index (χ3n) is 3.11. The van der Waals surface area contributed by atoms with Gasteiger partial charge in [-0.3, -0.25) is 9.78 Å². The molecule has 0 atom stereocenters. The Hall–Kier alpha value is -1.66. The molecule has 3 nitrogen and oxygen atoms in total. The molecule has 3 rings (SSSR count). The van der Waals surface area contributed by atoms with Gasteiger partial charge in [0.2, 0.25) is 0 Å². The molecule has 3 aromatic rings. The summed E-state index contributed by atoms with van der Waals surface area (Å²) in [5.41, 5.74) is 1.29. The van der Waals surface area contributed by atoms with Gasteiger partial charge in [0.1, 0.15) is 0 Å². The number of hydrogen-bond acceptors (Lipinski definition) is 2. The Balaban J connectivity index is 1.94. The number of hydrogen-bond donors (Lipinski definition) is 1. The molecule has 104 valence electrons. The molecule has 5 heteroatoms. The van der Waals surface area contributed by atoms with E-state index in [-0.39, 0.29) is 5.91 Å². The minimum atomic E-state index is -0.183. The average Bonchev–Trinajstić information content (AvgIpc) is 2.50. The number of fused-ring (bicyclic) bond motifs is 1. The zero-order valence-corrected chi connectivity index (χ0v) is 13.7. The van der Waals surface area contributed by atoms with E-state index in [0.29, 0.717) is 10.6 Å². The van der Waals surface area contributed by atoms with Gasteiger partial charge in [-0.15, -0.1) is 0 Å². The lowest BCUT2D eigenvalue weighted by Crippen LogP contribution is -2.12. The van der Waals surface area contributed by atoms with E-state index in [9.17, 15) is 4.79 Å². The number of carbonyl (C=O) groups excluding carboxylic acids is 1. The van der Waals surface area contributed by atoms with Gasteiger partial charge in [-0.25, -0.2) is 0 Å². The molecule has 1 heterocycles. The van der Waals surface area contributed by atoms with Gasteiger partial charge in [-0.2, -0.15) is 0 Å². The van der Waals surface area contributed by atoms with Crippen molar-refractivity contribution in [1.29, 1.82) is 0 Å². The maximum atomic E-state index is 12.3. The molecule has 1 aromatic heterocycles. The third kappa shape index (κ3) is 3.01. The fraction of sp³-hybridized carbons (Fsp3) is 0. The van der Waals surface area contributed by atoms with Crippen molar-refractivity contribution in [2.75, 3.05) is 5.32 Å². The summed E-state index contributed by atoms with van der Waals surface area (Å²) in [5.74, 6) is -0.183. The third-order valence-corrected chi connectivity index (χ3v) is 4.68. The number of carbonyl (C=O) groups is 1. The van der Waals surface area contributed by atoms with Crippen LogP contribution >= 0.6 is 34.2 Å². The van der Waals surface area contributed by atoms with Crippen LogP contribution in [0.4, 0.5) is 5.69 Å². The molecular weight excluding hydrogens is 399 g/mol. The molecule has 1 amide bonds. The normalized spacial score (nSPS) is 10.6. The number of pyridine rings is 1. The van der Waals surface area contributed by atoms with Crippen molar-refractivity contribution in [3.63, 3.8) is 0 Å². The van der Waals surface area contributed by atoms with Gasteiger partial charge in [0.05, 0.1) is 5.02 Å². The molecule has 0 unspecified atom stereocenters. The largest absolute Gasteiger partial charge is 0.321 e. The van der Waals surface area contributed by atoms with Gasteiger partial charge < -0.3 is 5.32 Å². The number of nitrogens with one attached hydrogen (secondary N) is 1. The Morgan fingerprint density at radius 2 is 2.05 bits per heavy atom. The smallest absolute Gasteiger partial charge is 0.255 e. The van der Waals surface area contributed by atoms with E-state index >= 15 is 0 Å². The summed E-state index contributed by atoms with van der Waals surface area (Å²) in [7, 11) is 0. The molecular formula is C16H10ClIN2O. The lowest BCUT2D eigenvalue weighted by atomic mass is 10.1. The van der Waals surface area contributed by atoms with Gasteiger partial charge in [0.25, 0.3) is 5.91 Å². The fourth-order valence-electron chi connectivity index (χ4n) is 2.06. The lowest BCUT2D eigenvalue weighted by Gasteiger charge is -2.09. The first-order valence-electron chi connectivity index (χ1n) is 6.24. The first kappa shape index (κ1) is 14.3. The highest BCUT2D eigenvalue weighted by Crippen LogP contribution is 2.24. The Morgan fingerprint density at radius 3 is 2.86 bits per heavy atom. The topological polar surface area (TPSA) is 42.0 Å². The van der Waals surface area contributed by atoms with Crippen LogP contribution in [0.15, 0.2) is 54.9 Å². The zero-order chi connectivity index (χ0) is 14.8. The Kier molecular flexibility index (Phi) is 4.07. The van der Waals surface area contributed by atoms with Crippen LogP contribution in [-0.2, 0) is 0 Å². The molecule has 0 aliphatic carbocycles. The maximum absolute atomic E-state index is 12.3. The van der Waals surface area contributed by atoms with Crippen LogP contribution in [0.3, 0.4) is 0 Å². The van der Waals surface area contributed by atoms with Crippen molar-refractivity contribution in [3.8, 4) is 0 Å². The monoisotopic (exact) mass is 408 g/mol. The Bertz CT molecular complexity index is 830. The molecule has 0 aliphatic heterocycles. The fourth-order valence-corrected chi connectivity index (χ4v) is 2.58. The molecule has 0 bridgehead atoms. The summed E-state index contributed by atoms with van der Waals surface area (Å²) in [6.45, 7) is 0. The molecule has 21 heavy (non-hydrogen) atoms. The highest BCUT2D eigenvalue weighted by atomic mass is 127. The quantitative estimate of drug-likeness (QED) is 0.622. The van der Waals surface area contributed by atoms with E-state index in [1.807, 2.05) is 30.3 Å². The molecule has 0 radical (unpaired) electrons. The van der Waals surface area contributed by atoms with Crippen LogP contribution in [0.5, 0.6) is 0 Å². The minimum absolute atomic E-state index is 0.183. The Morgan fingerprint density at radius 1 is 1.19 bits per heavy atom. The number of anilines is 1.